The highest BCUT2D eigenvalue weighted by Crippen LogP contribution is 2.42. The largest absolute Gasteiger partial charge is 0.404 e. The van der Waals surface area contributed by atoms with E-state index >= 15 is 0 Å². The summed E-state index contributed by atoms with van der Waals surface area (Å²) in [6.07, 6.45) is 0.0355. The van der Waals surface area contributed by atoms with Crippen LogP contribution in [0.4, 0.5) is 19.0 Å². The first-order valence-electron chi connectivity index (χ1n) is 8.69. The Bertz CT molecular complexity index is 931. The molecule has 11 heteroatoms. The molecular formula is C16H20F3N5O2S. The Hall–Kier alpha value is -1.88. The molecule has 2 aromatic rings. The van der Waals surface area contributed by atoms with Crippen LogP contribution in [0.3, 0.4) is 0 Å². The smallest absolute Gasteiger partial charge is 0.356 e. The van der Waals surface area contributed by atoms with Gasteiger partial charge in [-0.05, 0) is 30.7 Å². The zero-order chi connectivity index (χ0) is 19.4. The van der Waals surface area contributed by atoms with Crippen LogP contribution in [0.25, 0.3) is 11.0 Å². The van der Waals surface area contributed by atoms with Gasteiger partial charge >= 0.3 is 6.18 Å². The monoisotopic (exact) mass is 403 g/mol. The molecule has 1 aliphatic carbocycles. The minimum absolute atomic E-state index is 0.0732. The van der Waals surface area contributed by atoms with E-state index in [-0.39, 0.29) is 31.0 Å². The summed E-state index contributed by atoms with van der Waals surface area (Å²) in [5.74, 6) is -0.837. The summed E-state index contributed by atoms with van der Waals surface area (Å²) in [7, 11) is -2.36. The second kappa shape index (κ2) is 6.33. The molecule has 1 unspecified atom stereocenters. The van der Waals surface area contributed by atoms with Crippen molar-refractivity contribution in [3.8, 4) is 0 Å². The van der Waals surface area contributed by atoms with Gasteiger partial charge in [0.1, 0.15) is 17.8 Å². The number of alkyl halides is 3. The van der Waals surface area contributed by atoms with E-state index in [1.807, 2.05) is 13.1 Å². The van der Waals surface area contributed by atoms with Crippen LogP contribution in [-0.2, 0) is 10.0 Å². The molecule has 0 aromatic carbocycles. The lowest BCUT2D eigenvalue weighted by atomic mass is 10.0. The third-order valence-electron chi connectivity index (χ3n) is 5.65. The Morgan fingerprint density at radius 1 is 1.26 bits per heavy atom. The molecule has 2 aliphatic rings. The molecular weight excluding hydrogens is 383 g/mol. The van der Waals surface area contributed by atoms with E-state index in [1.165, 1.54) is 6.33 Å². The van der Waals surface area contributed by atoms with Gasteiger partial charge in [0.15, 0.2) is 5.75 Å². The van der Waals surface area contributed by atoms with Gasteiger partial charge < -0.3 is 9.88 Å². The number of fused-ring (bicyclic) bond motifs is 2. The molecule has 2 fully saturated rings. The quantitative estimate of drug-likeness (QED) is 0.844. The molecule has 0 spiro atoms. The molecule has 27 heavy (non-hydrogen) atoms. The Morgan fingerprint density at radius 3 is 2.56 bits per heavy atom. The number of hydrogen-bond donors (Lipinski definition) is 1. The minimum atomic E-state index is -4.71. The summed E-state index contributed by atoms with van der Waals surface area (Å²) in [5.41, 5.74) is 0.745. The van der Waals surface area contributed by atoms with Crippen molar-refractivity contribution in [3.63, 3.8) is 0 Å². The van der Waals surface area contributed by atoms with Crippen molar-refractivity contribution < 1.29 is 21.6 Å². The zero-order valence-electron chi connectivity index (χ0n) is 14.6. The van der Waals surface area contributed by atoms with Crippen molar-refractivity contribution in [2.24, 2.45) is 11.8 Å². The van der Waals surface area contributed by atoms with E-state index in [0.717, 1.165) is 34.0 Å². The summed E-state index contributed by atoms with van der Waals surface area (Å²) in [5, 5.41) is 0.909. The predicted octanol–water partition coefficient (Wildman–Crippen LogP) is 2.00. The summed E-state index contributed by atoms with van der Waals surface area (Å²) >= 11 is 0. The molecule has 3 atom stereocenters. The minimum Gasteiger partial charge on any atom is -0.356 e. The number of sulfonamides is 1. The number of aromatic nitrogens is 3. The van der Waals surface area contributed by atoms with Crippen molar-refractivity contribution in [2.75, 3.05) is 30.8 Å². The molecule has 2 aromatic heterocycles. The molecule has 0 amide bonds. The lowest BCUT2D eigenvalue weighted by Crippen LogP contribution is -2.38. The summed E-state index contributed by atoms with van der Waals surface area (Å²) in [4.78, 5) is 13.7. The van der Waals surface area contributed by atoms with Gasteiger partial charge in [0.25, 0.3) is 0 Å². The standard InChI is InChI=1S/C16H20F3N5O2S/c1-23(15-13-2-3-20-14(13)21-9-22-15)12-4-10-6-24(7-11(10)5-12)27(25,26)8-16(17,18)19/h2-3,9-12H,4-8H2,1H3,(H,20,21,22)/t10-,11+,12?. The Labute approximate surface area is 154 Å². The van der Waals surface area contributed by atoms with E-state index in [4.69, 9.17) is 0 Å². The van der Waals surface area contributed by atoms with Crippen LogP contribution in [0.2, 0.25) is 0 Å². The second-order valence-corrected chi connectivity index (χ2v) is 9.35. The van der Waals surface area contributed by atoms with Gasteiger partial charge in [-0.15, -0.1) is 0 Å². The van der Waals surface area contributed by atoms with Gasteiger partial charge in [-0.3, -0.25) is 0 Å². The summed E-state index contributed by atoms with van der Waals surface area (Å²) < 4.78 is 62.6. The average Bonchev–Trinajstić information content (AvgIpc) is 3.25. The van der Waals surface area contributed by atoms with E-state index in [1.54, 1.807) is 6.20 Å². The Balaban J connectivity index is 1.45. The van der Waals surface area contributed by atoms with Gasteiger partial charge in [-0.2, -0.15) is 13.2 Å². The van der Waals surface area contributed by atoms with Crippen LogP contribution in [0.15, 0.2) is 18.6 Å². The molecule has 1 aliphatic heterocycles. The molecule has 0 bridgehead atoms. The van der Waals surface area contributed by atoms with Crippen LogP contribution in [-0.4, -0.2) is 65.8 Å². The molecule has 1 N–H and O–H groups in total. The highest BCUT2D eigenvalue weighted by atomic mass is 32.2. The molecule has 1 saturated heterocycles. The third-order valence-corrected chi connectivity index (χ3v) is 7.42. The van der Waals surface area contributed by atoms with Crippen LogP contribution in [0.5, 0.6) is 0 Å². The number of hydrogen-bond acceptors (Lipinski definition) is 5. The molecule has 148 valence electrons. The second-order valence-electron chi connectivity index (χ2n) is 7.38. The van der Waals surface area contributed by atoms with Gasteiger partial charge in [0.2, 0.25) is 10.0 Å². The highest BCUT2D eigenvalue weighted by molar-refractivity contribution is 7.89. The van der Waals surface area contributed by atoms with Gasteiger partial charge in [0.05, 0.1) is 5.39 Å². The van der Waals surface area contributed by atoms with Crippen molar-refractivity contribution in [3.05, 3.63) is 18.6 Å². The molecule has 1 saturated carbocycles. The Kier molecular flexibility index (Phi) is 4.34. The maximum Gasteiger partial charge on any atom is 0.404 e. The first kappa shape index (κ1) is 18.5. The van der Waals surface area contributed by atoms with Crippen LogP contribution >= 0.6 is 0 Å². The number of anilines is 1. The number of rotatable bonds is 4. The molecule has 4 rings (SSSR count). The van der Waals surface area contributed by atoms with Crippen LogP contribution < -0.4 is 4.90 Å². The van der Waals surface area contributed by atoms with Crippen molar-refractivity contribution in [1.82, 2.24) is 19.3 Å². The van der Waals surface area contributed by atoms with Crippen LogP contribution in [0.1, 0.15) is 12.8 Å². The lowest BCUT2D eigenvalue weighted by molar-refractivity contribution is -0.107. The van der Waals surface area contributed by atoms with Crippen molar-refractivity contribution >= 4 is 26.9 Å². The highest BCUT2D eigenvalue weighted by Gasteiger charge is 2.48. The lowest BCUT2D eigenvalue weighted by Gasteiger charge is -2.27. The normalized spacial score (nSPS) is 26.6. The molecule has 7 nitrogen and oxygen atoms in total. The van der Waals surface area contributed by atoms with E-state index in [2.05, 4.69) is 19.9 Å². The number of halogens is 3. The van der Waals surface area contributed by atoms with Gasteiger partial charge in [-0.25, -0.2) is 22.7 Å². The first-order chi connectivity index (χ1) is 12.6. The fourth-order valence-corrected chi connectivity index (χ4v) is 5.81. The van der Waals surface area contributed by atoms with Gasteiger partial charge in [0, 0.05) is 32.4 Å². The van der Waals surface area contributed by atoms with E-state index in [9.17, 15) is 21.6 Å². The van der Waals surface area contributed by atoms with Crippen molar-refractivity contribution in [2.45, 2.75) is 25.1 Å². The number of H-pyrrole nitrogens is 1. The topological polar surface area (TPSA) is 82.2 Å². The van der Waals surface area contributed by atoms with Crippen molar-refractivity contribution in [1.29, 1.82) is 0 Å². The van der Waals surface area contributed by atoms with E-state index in [0.29, 0.717) is 0 Å². The number of nitrogens with one attached hydrogen (secondary N) is 1. The number of nitrogens with zero attached hydrogens (tertiary/aromatic N) is 4. The average molecular weight is 403 g/mol. The molecule has 0 radical (unpaired) electrons. The maximum atomic E-state index is 12.5. The van der Waals surface area contributed by atoms with Gasteiger partial charge in [-0.1, -0.05) is 0 Å². The SMILES string of the molecule is CN(c1ncnc2[nH]ccc12)C1C[C@@H]2CN(S(=O)(=O)CC(F)(F)F)C[C@@H]2C1. The predicted molar refractivity (Wildman–Crippen MR) is 93.7 cm³/mol. The zero-order valence-corrected chi connectivity index (χ0v) is 15.5. The third kappa shape index (κ3) is 3.49. The summed E-state index contributed by atoms with van der Waals surface area (Å²) in [6, 6.07) is 2.07. The Morgan fingerprint density at radius 2 is 1.93 bits per heavy atom. The van der Waals surface area contributed by atoms with E-state index < -0.39 is 22.0 Å². The summed E-state index contributed by atoms with van der Waals surface area (Å²) in [6.45, 7) is 0.327. The maximum absolute atomic E-state index is 12.5. The fraction of sp³-hybridized carbons (Fsp3) is 0.625. The first-order valence-corrected chi connectivity index (χ1v) is 10.3. The fourth-order valence-electron chi connectivity index (χ4n) is 4.38. The molecule has 3 heterocycles. The number of aromatic amines is 1. The van der Waals surface area contributed by atoms with Crippen LogP contribution in [0, 0.1) is 11.8 Å².